The van der Waals surface area contributed by atoms with Gasteiger partial charge in [0.15, 0.2) is 12.6 Å². The monoisotopic (exact) mass is 170 g/mol. The number of hydrogen-bond donors (Lipinski definition) is 0. The van der Waals surface area contributed by atoms with Crippen LogP contribution in [0.3, 0.4) is 0 Å². The van der Waals surface area contributed by atoms with Gasteiger partial charge in [0.25, 0.3) is 0 Å². The van der Waals surface area contributed by atoms with Crippen molar-refractivity contribution >= 4 is 11.8 Å². The standard InChI is InChI=1S/C8H10O2S/c1-4-9-8(10-4)6-5-2-3-11-7(5)6/h2-8H,1H3/t4?,5-,6-,7-,8?/m0/s1. The molecule has 3 atom stereocenters. The zero-order chi connectivity index (χ0) is 7.42. The molecule has 0 aromatic rings. The Morgan fingerprint density at radius 2 is 2.18 bits per heavy atom. The van der Waals surface area contributed by atoms with Crippen molar-refractivity contribution in [2.45, 2.75) is 24.8 Å². The molecule has 0 bridgehead atoms. The van der Waals surface area contributed by atoms with Crippen molar-refractivity contribution in [3.8, 4) is 0 Å². The fraction of sp³-hybridized carbons (Fsp3) is 0.750. The molecule has 2 heterocycles. The topological polar surface area (TPSA) is 18.5 Å². The van der Waals surface area contributed by atoms with Gasteiger partial charge in [-0.15, -0.1) is 11.8 Å². The summed E-state index contributed by atoms with van der Waals surface area (Å²) in [7, 11) is 0. The van der Waals surface area contributed by atoms with Crippen LogP contribution in [-0.2, 0) is 9.47 Å². The van der Waals surface area contributed by atoms with Crippen LogP contribution in [0.5, 0.6) is 0 Å². The van der Waals surface area contributed by atoms with Gasteiger partial charge >= 0.3 is 0 Å². The van der Waals surface area contributed by atoms with Gasteiger partial charge in [-0.25, -0.2) is 0 Å². The van der Waals surface area contributed by atoms with Crippen LogP contribution in [0.25, 0.3) is 0 Å². The lowest BCUT2D eigenvalue weighted by molar-refractivity contribution is -0.383. The van der Waals surface area contributed by atoms with E-state index in [1.165, 1.54) is 0 Å². The Balaban J connectivity index is 1.63. The summed E-state index contributed by atoms with van der Waals surface area (Å²) in [6.45, 7) is 1.94. The lowest BCUT2D eigenvalue weighted by Gasteiger charge is -2.34. The number of hydrogen-bond acceptors (Lipinski definition) is 3. The molecule has 60 valence electrons. The predicted octanol–water partition coefficient (Wildman–Crippen LogP) is 1.58. The van der Waals surface area contributed by atoms with E-state index in [0.717, 1.165) is 11.2 Å². The van der Waals surface area contributed by atoms with Crippen molar-refractivity contribution in [2.75, 3.05) is 0 Å². The largest absolute Gasteiger partial charge is 0.324 e. The second-order valence-electron chi connectivity index (χ2n) is 3.29. The fourth-order valence-corrected chi connectivity index (χ4v) is 3.19. The minimum atomic E-state index is 0.0373. The molecule has 11 heavy (non-hydrogen) atoms. The Kier molecular flexibility index (Phi) is 1.20. The van der Waals surface area contributed by atoms with Crippen LogP contribution in [0.2, 0.25) is 0 Å². The molecular formula is C8H10O2S. The number of ether oxygens (including phenoxy) is 2. The smallest absolute Gasteiger partial charge is 0.168 e. The molecular weight excluding hydrogens is 160 g/mol. The molecule has 2 nitrogen and oxygen atoms in total. The van der Waals surface area contributed by atoms with Gasteiger partial charge in [-0.3, -0.25) is 0 Å². The number of rotatable bonds is 1. The van der Waals surface area contributed by atoms with E-state index in [0.29, 0.717) is 5.92 Å². The Bertz CT molecular complexity index is 210. The van der Waals surface area contributed by atoms with Crippen molar-refractivity contribution in [1.29, 1.82) is 0 Å². The van der Waals surface area contributed by atoms with Crippen LogP contribution < -0.4 is 0 Å². The summed E-state index contributed by atoms with van der Waals surface area (Å²) < 4.78 is 10.9. The number of thioether (sulfide) groups is 1. The van der Waals surface area contributed by atoms with Crippen LogP contribution in [0, 0.1) is 11.8 Å². The van der Waals surface area contributed by atoms with E-state index in [1.807, 2.05) is 18.7 Å². The quantitative estimate of drug-likeness (QED) is 0.595. The average molecular weight is 170 g/mol. The molecule has 1 saturated heterocycles. The first-order valence-electron chi connectivity index (χ1n) is 3.99. The van der Waals surface area contributed by atoms with E-state index < -0.39 is 0 Å². The fourth-order valence-electron chi connectivity index (χ4n) is 1.88. The van der Waals surface area contributed by atoms with E-state index in [-0.39, 0.29) is 12.6 Å². The lowest BCUT2D eigenvalue weighted by atomic mass is 10.3. The summed E-state index contributed by atoms with van der Waals surface area (Å²) in [5.74, 6) is 1.40. The zero-order valence-electron chi connectivity index (χ0n) is 6.27. The molecule has 1 aliphatic carbocycles. The Labute approximate surface area is 69.9 Å². The molecule has 0 aromatic heterocycles. The van der Waals surface area contributed by atoms with Crippen LogP contribution in [0.1, 0.15) is 6.92 Å². The van der Waals surface area contributed by atoms with E-state index in [4.69, 9.17) is 9.47 Å². The molecule has 3 heteroatoms. The van der Waals surface area contributed by atoms with Gasteiger partial charge < -0.3 is 9.47 Å². The molecule has 0 N–H and O–H groups in total. The van der Waals surface area contributed by atoms with E-state index >= 15 is 0 Å². The lowest BCUT2D eigenvalue weighted by Crippen LogP contribution is -2.41. The highest BCUT2D eigenvalue weighted by atomic mass is 32.2. The number of fused-ring (bicyclic) bond motifs is 1. The highest BCUT2D eigenvalue weighted by Gasteiger charge is 2.59. The van der Waals surface area contributed by atoms with Crippen LogP contribution >= 0.6 is 11.8 Å². The van der Waals surface area contributed by atoms with Crippen molar-refractivity contribution < 1.29 is 9.47 Å². The van der Waals surface area contributed by atoms with Crippen molar-refractivity contribution in [3.63, 3.8) is 0 Å². The minimum Gasteiger partial charge on any atom is -0.324 e. The van der Waals surface area contributed by atoms with Crippen molar-refractivity contribution in [1.82, 2.24) is 0 Å². The summed E-state index contributed by atoms with van der Waals surface area (Å²) in [4.78, 5) is 0. The minimum absolute atomic E-state index is 0.0373. The first-order chi connectivity index (χ1) is 5.36. The summed E-state index contributed by atoms with van der Waals surface area (Å²) in [6.07, 6.45) is 2.42. The highest BCUT2D eigenvalue weighted by molar-refractivity contribution is 8.03. The zero-order valence-corrected chi connectivity index (χ0v) is 7.08. The molecule has 2 aliphatic heterocycles. The number of allylic oxidation sites excluding steroid dienone is 1. The summed E-state index contributed by atoms with van der Waals surface area (Å²) >= 11 is 1.92. The van der Waals surface area contributed by atoms with Gasteiger partial charge in [-0.1, -0.05) is 6.08 Å². The predicted molar refractivity (Wildman–Crippen MR) is 42.9 cm³/mol. The highest BCUT2D eigenvalue weighted by Crippen LogP contribution is 2.58. The molecule has 0 radical (unpaired) electrons. The maximum atomic E-state index is 5.43. The van der Waals surface area contributed by atoms with Gasteiger partial charge in [0.2, 0.25) is 0 Å². The van der Waals surface area contributed by atoms with E-state index in [9.17, 15) is 0 Å². The third kappa shape index (κ3) is 0.819. The van der Waals surface area contributed by atoms with Gasteiger partial charge in [0.05, 0.1) is 0 Å². The third-order valence-electron chi connectivity index (χ3n) is 2.56. The SMILES string of the molecule is CC1OC([C@H]2[C@@H]3C=CS[C@@H]32)O1. The second kappa shape index (κ2) is 2.03. The summed E-state index contributed by atoms with van der Waals surface area (Å²) in [5.41, 5.74) is 0. The molecule has 3 rings (SSSR count). The first-order valence-corrected chi connectivity index (χ1v) is 4.93. The Morgan fingerprint density at radius 3 is 2.73 bits per heavy atom. The van der Waals surface area contributed by atoms with E-state index in [1.54, 1.807) is 0 Å². The van der Waals surface area contributed by atoms with Crippen LogP contribution in [0.15, 0.2) is 11.5 Å². The van der Waals surface area contributed by atoms with Crippen molar-refractivity contribution in [3.05, 3.63) is 11.5 Å². The van der Waals surface area contributed by atoms with Crippen molar-refractivity contribution in [2.24, 2.45) is 11.8 Å². The Morgan fingerprint density at radius 1 is 1.36 bits per heavy atom. The van der Waals surface area contributed by atoms with E-state index in [2.05, 4.69) is 11.5 Å². The Hall–Kier alpha value is 0.01000. The van der Waals surface area contributed by atoms with Gasteiger partial charge in [-0.2, -0.15) is 0 Å². The first kappa shape index (κ1) is 6.52. The molecule has 1 saturated carbocycles. The van der Waals surface area contributed by atoms with Crippen LogP contribution in [0.4, 0.5) is 0 Å². The third-order valence-corrected chi connectivity index (χ3v) is 3.82. The average Bonchev–Trinajstić information content (AvgIpc) is 2.42. The molecule has 0 aromatic carbocycles. The van der Waals surface area contributed by atoms with Gasteiger partial charge in [-0.05, 0) is 18.2 Å². The summed E-state index contributed by atoms with van der Waals surface area (Å²) in [6, 6.07) is 0. The molecule has 0 spiro atoms. The maximum absolute atomic E-state index is 5.43. The second-order valence-corrected chi connectivity index (χ2v) is 4.38. The van der Waals surface area contributed by atoms with Gasteiger partial charge in [0.1, 0.15) is 0 Å². The molecule has 3 aliphatic rings. The van der Waals surface area contributed by atoms with Gasteiger partial charge in [0, 0.05) is 11.2 Å². The molecule has 0 amide bonds. The molecule has 2 fully saturated rings. The van der Waals surface area contributed by atoms with Crippen LogP contribution in [-0.4, -0.2) is 17.8 Å². The summed E-state index contributed by atoms with van der Waals surface area (Å²) in [5, 5.41) is 2.96. The normalized spacial score (nSPS) is 58.8. The maximum Gasteiger partial charge on any atom is 0.168 e. The molecule has 0 unspecified atom stereocenters.